The zero-order valence-electron chi connectivity index (χ0n) is 16.0. The first-order valence-electron chi connectivity index (χ1n) is 9.06. The Balaban J connectivity index is 1.60. The van der Waals surface area contributed by atoms with Crippen molar-refractivity contribution in [1.82, 2.24) is 19.7 Å². The minimum Gasteiger partial charge on any atom is -0.483 e. The Kier molecular flexibility index (Phi) is 5.48. The zero-order chi connectivity index (χ0) is 23.0. The van der Waals surface area contributed by atoms with E-state index in [0.717, 1.165) is 12.3 Å². The highest BCUT2D eigenvalue weighted by atomic mass is 35.5. The van der Waals surface area contributed by atoms with Crippen LogP contribution in [0.1, 0.15) is 27.2 Å². The maximum Gasteiger partial charge on any atom is 0.422 e. The molecule has 164 valence electrons. The Morgan fingerprint density at radius 1 is 1.28 bits per heavy atom. The van der Waals surface area contributed by atoms with Crippen molar-refractivity contribution >= 4 is 17.5 Å². The summed E-state index contributed by atoms with van der Waals surface area (Å²) in [5.74, 6) is -1.62. The number of hydrogen-bond donors (Lipinski definition) is 0. The monoisotopic (exact) mass is 465 g/mol. The molecular weight excluding hydrogens is 454 g/mol. The van der Waals surface area contributed by atoms with Crippen molar-refractivity contribution in [3.8, 4) is 17.5 Å². The lowest BCUT2D eigenvalue weighted by Gasteiger charge is -2.20. The molecule has 1 aromatic carbocycles. The van der Waals surface area contributed by atoms with Crippen LogP contribution in [0.25, 0.3) is 5.69 Å². The predicted molar refractivity (Wildman–Crippen MR) is 103 cm³/mol. The number of fused-ring (bicyclic) bond motifs is 1. The fourth-order valence-electron chi connectivity index (χ4n) is 3.24. The summed E-state index contributed by atoms with van der Waals surface area (Å²) in [5, 5.41) is 13.2. The van der Waals surface area contributed by atoms with E-state index in [0.29, 0.717) is 16.9 Å². The molecule has 2 aromatic heterocycles. The summed E-state index contributed by atoms with van der Waals surface area (Å²) in [7, 11) is 0. The molecule has 0 saturated carbocycles. The minimum absolute atomic E-state index is 0.0374. The van der Waals surface area contributed by atoms with Crippen LogP contribution >= 0.6 is 11.6 Å². The van der Waals surface area contributed by atoms with Crippen LogP contribution in [0.5, 0.6) is 5.75 Å². The van der Waals surface area contributed by atoms with E-state index in [2.05, 4.69) is 10.1 Å². The zero-order valence-corrected chi connectivity index (χ0v) is 16.8. The van der Waals surface area contributed by atoms with Crippen LogP contribution < -0.4 is 4.74 Å². The first-order valence-corrected chi connectivity index (χ1v) is 9.44. The predicted octanol–water partition coefficient (Wildman–Crippen LogP) is 4.03. The molecule has 1 amide bonds. The molecule has 0 radical (unpaired) electrons. The molecule has 0 fully saturated rings. The van der Waals surface area contributed by atoms with Gasteiger partial charge in [-0.25, -0.2) is 9.07 Å². The van der Waals surface area contributed by atoms with Gasteiger partial charge in [0, 0.05) is 24.4 Å². The number of carbonyl (C=O) groups excluding carboxylic acids is 1. The fourth-order valence-corrected chi connectivity index (χ4v) is 3.52. The maximum absolute atomic E-state index is 13.4. The SMILES string of the molecule is N#Cc1ccc(OCC(F)(F)F)c(C(=O)N2Cc3cn(-c4cncc(F)c4)nc3C2)c1Cl. The Labute approximate surface area is 183 Å². The third-order valence-electron chi connectivity index (χ3n) is 4.65. The van der Waals surface area contributed by atoms with Gasteiger partial charge in [0.15, 0.2) is 6.61 Å². The third-order valence-corrected chi connectivity index (χ3v) is 5.04. The fraction of sp³-hybridized carbons (Fsp3) is 0.200. The molecule has 1 aliphatic rings. The van der Waals surface area contributed by atoms with Crippen molar-refractivity contribution in [1.29, 1.82) is 5.26 Å². The van der Waals surface area contributed by atoms with Gasteiger partial charge in [-0.05, 0) is 12.1 Å². The molecule has 0 N–H and O–H groups in total. The average Bonchev–Trinajstić information content (AvgIpc) is 3.31. The lowest BCUT2D eigenvalue weighted by molar-refractivity contribution is -0.153. The third kappa shape index (κ3) is 4.22. The van der Waals surface area contributed by atoms with Crippen molar-refractivity contribution < 1.29 is 27.1 Å². The summed E-state index contributed by atoms with van der Waals surface area (Å²) in [6, 6.07) is 5.32. The van der Waals surface area contributed by atoms with Gasteiger partial charge >= 0.3 is 6.18 Å². The standard InChI is InChI=1S/C20H12ClF4N5O2/c21-18-11(4-26)1-2-16(32-10-20(23,24)25)17(18)19(31)29-7-12-8-30(28-15(12)9-29)14-3-13(22)5-27-6-14/h1-3,5-6,8H,7,9-10H2. The number of rotatable bonds is 4. The summed E-state index contributed by atoms with van der Waals surface area (Å²) < 4.78 is 57.5. The molecule has 0 aliphatic carbocycles. The molecule has 0 saturated heterocycles. The van der Waals surface area contributed by atoms with Gasteiger partial charge in [0.2, 0.25) is 0 Å². The topological polar surface area (TPSA) is 84.0 Å². The van der Waals surface area contributed by atoms with Crippen molar-refractivity contribution in [3.63, 3.8) is 0 Å². The maximum atomic E-state index is 13.4. The number of carbonyl (C=O) groups is 1. The molecule has 0 atom stereocenters. The quantitative estimate of drug-likeness (QED) is 0.543. The molecule has 12 heteroatoms. The van der Waals surface area contributed by atoms with E-state index in [1.54, 1.807) is 12.3 Å². The van der Waals surface area contributed by atoms with Gasteiger partial charge in [-0.1, -0.05) is 11.6 Å². The average molecular weight is 466 g/mol. The van der Waals surface area contributed by atoms with Crippen LogP contribution in [0, 0.1) is 17.1 Å². The number of pyridine rings is 1. The second-order valence-electron chi connectivity index (χ2n) is 6.88. The molecule has 3 aromatic rings. The van der Waals surface area contributed by atoms with Crippen LogP contribution in [-0.2, 0) is 13.1 Å². The van der Waals surface area contributed by atoms with Crippen LogP contribution in [0.15, 0.2) is 36.8 Å². The molecule has 0 bridgehead atoms. The van der Waals surface area contributed by atoms with Gasteiger partial charge in [0.25, 0.3) is 5.91 Å². The van der Waals surface area contributed by atoms with E-state index < -0.39 is 24.5 Å². The Morgan fingerprint density at radius 2 is 2.06 bits per heavy atom. The van der Waals surface area contributed by atoms with Crippen molar-refractivity contribution in [2.75, 3.05) is 6.61 Å². The second kappa shape index (κ2) is 8.12. The van der Waals surface area contributed by atoms with E-state index in [4.69, 9.17) is 16.3 Å². The van der Waals surface area contributed by atoms with Crippen molar-refractivity contribution in [2.24, 2.45) is 0 Å². The summed E-state index contributed by atoms with van der Waals surface area (Å²) in [4.78, 5) is 18.2. The molecule has 32 heavy (non-hydrogen) atoms. The first-order chi connectivity index (χ1) is 15.2. The van der Waals surface area contributed by atoms with Crippen LogP contribution in [0.2, 0.25) is 5.02 Å². The lowest BCUT2D eigenvalue weighted by Crippen LogP contribution is -2.28. The van der Waals surface area contributed by atoms with Gasteiger partial charge in [-0.2, -0.15) is 23.5 Å². The van der Waals surface area contributed by atoms with E-state index >= 15 is 0 Å². The molecule has 4 rings (SSSR count). The lowest BCUT2D eigenvalue weighted by atomic mass is 10.1. The van der Waals surface area contributed by atoms with E-state index in [1.165, 1.54) is 27.9 Å². The number of alkyl halides is 3. The highest BCUT2D eigenvalue weighted by Crippen LogP contribution is 2.34. The van der Waals surface area contributed by atoms with Gasteiger partial charge in [0.05, 0.1) is 40.9 Å². The molecule has 0 spiro atoms. The molecular formula is C20H12ClF4N5O2. The molecule has 1 aliphatic heterocycles. The normalized spacial score (nSPS) is 13.1. The molecule has 3 heterocycles. The largest absolute Gasteiger partial charge is 0.483 e. The number of nitrogens with zero attached hydrogens (tertiary/aromatic N) is 5. The number of benzene rings is 1. The van der Waals surface area contributed by atoms with E-state index in [9.17, 15) is 27.6 Å². The van der Waals surface area contributed by atoms with Crippen LogP contribution in [0.4, 0.5) is 17.6 Å². The highest BCUT2D eigenvalue weighted by molar-refractivity contribution is 6.35. The number of aromatic nitrogens is 3. The van der Waals surface area contributed by atoms with Crippen molar-refractivity contribution in [3.05, 3.63) is 70.0 Å². The van der Waals surface area contributed by atoms with E-state index in [1.807, 2.05) is 0 Å². The van der Waals surface area contributed by atoms with Gasteiger partial charge in [-0.3, -0.25) is 9.78 Å². The Bertz CT molecular complexity index is 1230. The number of nitriles is 1. The van der Waals surface area contributed by atoms with Gasteiger partial charge < -0.3 is 9.64 Å². The molecule has 0 unspecified atom stereocenters. The smallest absolute Gasteiger partial charge is 0.422 e. The summed E-state index contributed by atoms with van der Waals surface area (Å²) in [5.41, 5.74) is 1.17. The Morgan fingerprint density at radius 3 is 2.72 bits per heavy atom. The Hall–Kier alpha value is -3.65. The van der Waals surface area contributed by atoms with E-state index in [-0.39, 0.29) is 35.0 Å². The number of ether oxygens (including phenoxy) is 1. The summed E-state index contributed by atoms with van der Waals surface area (Å²) in [6.07, 6.45) is -0.544. The van der Waals surface area contributed by atoms with Crippen LogP contribution in [-0.4, -0.2) is 38.4 Å². The van der Waals surface area contributed by atoms with Crippen LogP contribution in [0.3, 0.4) is 0 Å². The summed E-state index contributed by atoms with van der Waals surface area (Å²) >= 11 is 6.15. The number of hydrogen-bond acceptors (Lipinski definition) is 5. The summed E-state index contributed by atoms with van der Waals surface area (Å²) in [6.45, 7) is -1.50. The number of amides is 1. The van der Waals surface area contributed by atoms with Gasteiger partial charge in [0.1, 0.15) is 23.2 Å². The second-order valence-corrected chi connectivity index (χ2v) is 7.26. The highest BCUT2D eigenvalue weighted by Gasteiger charge is 2.33. The van der Waals surface area contributed by atoms with Gasteiger partial charge in [-0.15, -0.1) is 0 Å². The van der Waals surface area contributed by atoms with Crippen molar-refractivity contribution in [2.45, 2.75) is 19.3 Å². The first kappa shape index (κ1) is 21.6. The number of halogens is 5. The minimum atomic E-state index is -4.62. The molecule has 7 nitrogen and oxygen atoms in total.